The van der Waals surface area contributed by atoms with Crippen LogP contribution in [0.15, 0.2) is 30.3 Å². The van der Waals surface area contributed by atoms with E-state index >= 15 is 0 Å². The van der Waals surface area contributed by atoms with Crippen molar-refractivity contribution in [2.45, 2.75) is 6.92 Å². The fraction of sp³-hybridized carbons (Fsp3) is 0.263. The van der Waals surface area contributed by atoms with Gasteiger partial charge >= 0.3 is 5.97 Å². The Bertz CT molecular complexity index is 848. The highest BCUT2D eigenvalue weighted by Crippen LogP contribution is 2.36. The maximum Gasteiger partial charge on any atom is 0.335 e. The van der Waals surface area contributed by atoms with Gasteiger partial charge in [-0.3, -0.25) is 4.79 Å². The molecule has 0 heterocycles. The molecule has 2 rings (SSSR count). The molecule has 0 aromatic heterocycles. The van der Waals surface area contributed by atoms with Crippen LogP contribution < -0.4 is 24.3 Å². The number of nitrogens with one attached hydrogen (secondary N) is 1. The lowest BCUT2D eigenvalue weighted by Crippen LogP contribution is -2.21. The van der Waals surface area contributed by atoms with E-state index in [0.717, 1.165) is 5.56 Å². The summed E-state index contributed by atoms with van der Waals surface area (Å²) >= 11 is 0. The molecule has 0 saturated heterocycles. The van der Waals surface area contributed by atoms with Crippen LogP contribution in [0.25, 0.3) is 0 Å². The summed E-state index contributed by atoms with van der Waals surface area (Å²) in [5, 5.41) is 11.8. The van der Waals surface area contributed by atoms with Gasteiger partial charge in [0.25, 0.3) is 5.91 Å². The average Bonchev–Trinajstić information content (AvgIpc) is 2.65. The van der Waals surface area contributed by atoms with Gasteiger partial charge in [0, 0.05) is 0 Å². The number of hydrogen-bond acceptors (Lipinski definition) is 6. The first kappa shape index (κ1) is 19.9. The summed E-state index contributed by atoms with van der Waals surface area (Å²) < 4.78 is 21.0. The van der Waals surface area contributed by atoms with Gasteiger partial charge in [-0.1, -0.05) is 0 Å². The van der Waals surface area contributed by atoms with E-state index in [2.05, 4.69) is 5.32 Å². The molecule has 27 heavy (non-hydrogen) atoms. The average molecular weight is 375 g/mol. The monoisotopic (exact) mass is 375 g/mol. The summed E-state index contributed by atoms with van der Waals surface area (Å²) in [6.07, 6.45) is 0. The molecule has 0 atom stereocenters. The zero-order valence-electron chi connectivity index (χ0n) is 15.5. The fourth-order valence-electron chi connectivity index (χ4n) is 2.46. The van der Waals surface area contributed by atoms with E-state index in [1.807, 2.05) is 6.92 Å². The quantitative estimate of drug-likeness (QED) is 0.731. The Morgan fingerprint density at radius 2 is 1.70 bits per heavy atom. The molecular weight excluding hydrogens is 354 g/mol. The van der Waals surface area contributed by atoms with Gasteiger partial charge in [-0.25, -0.2) is 4.79 Å². The van der Waals surface area contributed by atoms with Crippen LogP contribution in [0.3, 0.4) is 0 Å². The summed E-state index contributed by atoms with van der Waals surface area (Å²) in [4.78, 5) is 23.5. The summed E-state index contributed by atoms with van der Waals surface area (Å²) in [7, 11) is 4.35. The summed E-state index contributed by atoms with van der Waals surface area (Å²) in [6, 6.07) is 7.79. The number of benzene rings is 2. The van der Waals surface area contributed by atoms with E-state index in [0.29, 0.717) is 11.5 Å². The van der Waals surface area contributed by atoms with E-state index in [4.69, 9.17) is 18.9 Å². The van der Waals surface area contributed by atoms with Crippen LogP contribution in [0.1, 0.15) is 15.9 Å². The standard InChI is InChI=1S/C19H21NO7/c1-11-7-13(5-6-15(11)24-2)27-10-17(21)20-14-8-12(19(22)23)9-16(25-3)18(14)26-4/h5-9H,10H2,1-4H3,(H,20,21)(H,22,23). The number of carbonyl (C=O) groups excluding carboxylic acids is 1. The molecule has 8 heteroatoms. The number of anilines is 1. The predicted molar refractivity (Wildman–Crippen MR) is 98.4 cm³/mol. The minimum atomic E-state index is -1.16. The van der Waals surface area contributed by atoms with Crippen molar-refractivity contribution < 1.29 is 33.6 Å². The number of carboxylic acids is 1. The topological polar surface area (TPSA) is 103 Å². The number of aryl methyl sites for hydroxylation is 1. The minimum absolute atomic E-state index is 0.0466. The van der Waals surface area contributed by atoms with Crippen molar-refractivity contribution >= 4 is 17.6 Å². The zero-order chi connectivity index (χ0) is 20.0. The molecule has 0 bridgehead atoms. The van der Waals surface area contributed by atoms with Crippen molar-refractivity contribution in [3.8, 4) is 23.0 Å². The molecule has 0 aliphatic carbocycles. The molecule has 0 aliphatic heterocycles. The van der Waals surface area contributed by atoms with Gasteiger partial charge in [-0.15, -0.1) is 0 Å². The summed E-state index contributed by atoms with van der Waals surface area (Å²) in [5.41, 5.74) is 0.999. The highest BCUT2D eigenvalue weighted by atomic mass is 16.5. The molecule has 0 fully saturated rings. The molecule has 0 unspecified atom stereocenters. The lowest BCUT2D eigenvalue weighted by molar-refractivity contribution is -0.118. The van der Waals surface area contributed by atoms with Gasteiger partial charge in [-0.2, -0.15) is 0 Å². The van der Waals surface area contributed by atoms with Gasteiger partial charge in [-0.05, 0) is 42.8 Å². The lowest BCUT2D eigenvalue weighted by atomic mass is 10.1. The van der Waals surface area contributed by atoms with Gasteiger partial charge in [0.1, 0.15) is 11.5 Å². The molecule has 0 aliphatic rings. The van der Waals surface area contributed by atoms with E-state index in [1.54, 1.807) is 25.3 Å². The molecule has 2 aromatic carbocycles. The van der Waals surface area contributed by atoms with E-state index in [1.165, 1.54) is 26.4 Å². The second kappa shape index (κ2) is 8.79. The lowest BCUT2D eigenvalue weighted by Gasteiger charge is -2.15. The smallest absolute Gasteiger partial charge is 0.335 e. The Kier molecular flexibility index (Phi) is 6.48. The number of methoxy groups -OCH3 is 3. The number of carbonyl (C=O) groups is 2. The number of aromatic carboxylic acids is 1. The maximum atomic E-state index is 12.2. The van der Waals surface area contributed by atoms with Crippen molar-refractivity contribution in [2.75, 3.05) is 33.3 Å². The van der Waals surface area contributed by atoms with Gasteiger partial charge in [0.15, 0.2) is 18.1 Å². The molecule has 0 saturated carbocycles. The van der Waals surface area contributed by atoms with E-state index in [9.17, 15) is 14.7 Å². The molecule has 8 nitrogen and oxygen atoms in total. The van der Waals surface area contributed by atoms with Gasteiger partial charge < -0.3 is 29.4 Å². The maximum absolute atomic E-state index is 12.2. The highest BCUT2D eigenvalue weighted by Gasteiger charge is 2.18. The van der Waals surface area contributed by atoms with Crippen LogP contribution >= 0.6 is 0 Å². The third-order valence-electron chi connectivity index (χ3n) is 3.74. The molecule has 2 N–H and O–H groups in total. The number of hydrogen-bond donors (Lipinski definition) is 2. The number of rotatable bonds is 8. The number of carboxylic acid groups (broad SMARTS) is 1. The van der Waals surface area contributed by atoms with Crippen LogP contribution in [0.2, 0.25) is 0 Å². The Labute approximate surface area is 156 Å². The Hall–Kier alpha value is -3.42. The van der Waals surface area contributed by atoms with Crippen LogP contribution in [-0.2, 0) is 4.79 Å². The van der Waals surface area contributed by atoms with Crippen LogP contribution in [0.4, 0.5) is 5.69 Å². The molecular formula is C19H21NO7. The molecule has 1 amide bonds. The largest absolute Gasteiger partial charge is 0.496 e. The first-order chi connectivity index (χ1) is 12.9. The van der Waals surface area contributed by atoms with Crippen molar-refractivity contribution in [3.05, 3.63) is 41.5 Å². The fourth-order valence-corrected chi connectivity index (χ4v) is 2.46. The van der Waals surface area contributed by atoms with E-state index < -0.39 is 11.9 Å². The Morgan fingerprint density at radius 1 is 1.00 bits per heavy atom. The van der Waals surface area contributed by atoms with Crippen molar-refractivity contribution in [1.82, 2.24) is 0 Å². The third kappa shape index (κ3) is 4.81. The predicted octanol–water partition coefficient (Wildman–Crippen LogP) is 2.74. The molecule has 0 radical (unpaired) electrons. The Morgan fingerprint density at radius 3 is 2.26 bits per heavy atom. The van der Waals surface area contributed by atoms with Crippen molar-refractivity contribution in [2.24, 2.45) is 0 Å². The molecule has 2 aromatic rings. The summed E-state index contributed by atoms with van der Waals surface area (Å²) in [5.74, 6) is -0.000265. The van der Waals surface area contributed by atoms with Crippen LogP contribution in [0.5, 0.6) is 23.0 Å². The van der Waals surface area contributed by atoms with Crippen LogP contribution in [0, 0.1) is 6.92 Å². The van der Waals surface area contributed by atoms with Crippen molar-refractivity contribution in [1.29, 1.82) is 0 Å². The number of amides is 1. The first-order valence-corrected chi connectivity index (χ1v) is 7.96. The van der Waals surface area contributed by atoms with Crippen molar-refractivity contribution in [3.63, 3.8) is 0 Å². The minimum Gasteiger partial charge on any atom is -0.496 e. The third-order valence-corrected chi connectivity index (χ3v) is 3.74. The number of ether oxygens (including phenoxy) is 4. The van der Waals surface area contributed by atoms with E-state index in [-0.39, 0.29) is 29.4 Å². The zero-order valence-corrected chi connectivity index (χ0v) is 15.5. The van der Waals surface area contributed by atoms with Gasteiger partial charge in [0.2, 0.25) is 0 Å². The Balaban J connectivity index is 2.14. The summed E-state index contributed by atoms with van der Waals surface area (Å²) in [6.45, 7) is 1.59. The molecule has 0 spiro atoms. The SMILES string of the molecule is COc1ccc(OCC(=O)Nc2cc(C(=O)O)cc(OC)c2OC)cc1C. The highest BCUT2D eigenvalue weighted by molar-refractivity contribution is 5.97. The normalized spacial score (nSPS) is 10.1. The second-order valence-corrected chi connectivity index (χ2v) is 5.53. The van der Waals surface area contributed by atoms with Gasteiger partial charge in [0.05, 0.1) is 32.6 Å². The second-order valence-electron chi connectivity index (χ2n) is 5.53. The van der Waals surface area contributed by atoms with Crippen LogP contribution in [-0.4, -0.2) is 44.9 Å². The first-order valence-electron chi connectivity index (χ1n) is 7.96. The molecule has 144 valence electrons.